The molecule has 0 unspecified atom stereocenters. The van der Waals surface area contributed by atoms with Gasteiger partial charge in [-0.3, -0.25) is 0 Å². The molecule has 0 amide bonds. The van der Waals surface area contributed by atoms with Gasteiger partial charge >= 0.3 is 0 Å². The highest BCUT2D eigenvalue weighted by atomic mass is 15.2. The van der Waals surface area contributed by atoms with E-state index in [1.807, 2.05) is 0 Å². The Morgan fingerprint density at radius 3 is 2.56 bits per heavy atom. The summed E-state index contributed by atoms with van der Waals surface area (Å²) in [5.74, 6) is 1.47. The van der Waals surface area contributed by atoms with Crippen LogP contribution >= 0.6 is 0 Å². The fourth-order valence-corrected chi connectivity index (χ4v) is 3.59. The number of nitrogens with zero attached hydrogens (tertiary/aromatic N) is 4. The SMILES string of the molecule is CCCCc1ccc(Nc2ncnc(N(C)C3CCN(C)CC3)c2N)cc1. The lowest BCUT2D eigenvalue weighted by molar-refractivity contribution is 0.252. The van der Waals surface area contributed by atoms with E-state index < -0.39 is 0 Å². The van der Waals surface area contributed by atoms with Gasteiger partial charge in [-0.1, -0.05) is 25.5 Å². The van der Waals surface area contributed by atoms with Crippen LogP contribution in [-0.2, 0) is 6.42 Å². The first-order valence-corrected chi connectivity index (χ1v) is 9.96. The Kier molecular flexibility index (Phi) is 6.50. The van der Waals surface area contributed by atoms with E-state index >= 15 is 0 Å². The van der Waals surface area contributed by atoms with E-state index in [-0.39, 0.29) is 0 Å². The maximum atomic E-state index is 6.42. The van der Waals surface area contributed by atoms with E-state index in [1.54, 1.807) is 6.33 Å². The van der Waals surface area contributed by atoms with Gasteiger partial charge in [0.1, 0.15) is 12.0 Å². The number of nitrogen functional groups attached to an aromatic ring is 1. The van der Waals surface area contributed by atoms with Crippen molar-refractivity contribution in [1.82, 2.24) is 14.9 Å². The lowest BCUT2D eigenvalue weighted by Gasteiger charge is -2.36. The van der Waals surface area contributed by atoms with Gasteiger partial charge in [0.2, 0.25) is 0 Å². The van der Waals surface area contributed by atoms with Crippen molar-refractivity contribution in [1.29, 1.82) is 0 Å². The Balaban J connectivity index is 1.71. The minimum absolute atomic E-state index is 0.462. The van der Waals surface area contributed by atoms with Crippen LogP contribution in [0.5, 0.6) is 0 Å². The predicted octanol–water partition coefficient (Wildman–Crippen LogP) is 3.68. The smallest absolute Gasteiger partial charge is 0.159 e. The first-order valence-electron chi connectivity index (χ1n) is 9.96. The zero-order valence-corrected chi connectivity index (χ0v) is 16.8. The van der Waals surface area contributed by atoms with Crippen LogP contribution in [0.4, 0.5) is 23.0 Å². The Bertz CT molecular complexity index is 722. The minimum atomic E-state index is 0.462. The molecule has 0 radical (unpaired) electrons. The minimum Gasteiger partial charge on any atom is -0.393 e. The highest BCUT2D eigenvalue weighted by Gasteiger charge is 2.23. The largest absolute Gasteiger partial charge is 0.393 e. The second-order valence-electron chi connectivity index (χ2n) is 7.53. The summed E-state index contributed by atoms with van der Waals surface area (Å²) in [7, 11) is 4.26. The molecule has 0 aliphatic carbocycles. The van der Waals surface area contributed by atoms with E-state index in [2.05, 4.69) is 70.4 Å². The van der Waals surface area contributed by atoms with Crippen molar-refractivity contribution in [2.45, 2.75) is 45.1 Å². The van der Waals surface area contributed by atoms with Gasteiger partial charge in [0.05, 0.1) is 0 Å². The quantitative estimate of drug-likeness (QED) is 0.777. The number of hydrogen-bond donors (Lipinski definition) is 2. The monoisotopic (exact) mass is 368 g/mol. The molecule has 0 saturated carbocycles. The molecule has 1 fully saturated rings. The molecular formula is C21H32N6. The van der Waals surface area contributed by atoms with Crippen molar-refractivity contribution in [2.24, 2.45) is 0 Å². The molecule has 6 heteroatoms. The van der Waals surface area contributed by atoms with E-state index in [0.717, 1.165) is 43.9 Å². The molecule has 0 atom stereocenters. The molecule has 0 spiro atoms. The summed E-state index contributed by atoms with van der Waals surface area (Å²) in [6, 6.07) is 8.98. The standard InChI is InChI=1S/C21H32N6/c1-4-5-6-16-7-9-17(10-8-16)25-20-19(22)21(24-15-23-20)27(3)18-11-13-26(2)14-12-18/h7-10,15,18H,4-6,11-14,22H2,1-3H3,(H,23,24,25). The maximum absolute atomic E-state index is 6.42. The number of piperidine rings is 1. The topological polar surface area (TPSA) is 70.3 Å². The normalized spacial score (nSPS) is 15.7. The molecule has 0 bridgehead atoms. The van der Waals surface area contributed by atoms with Crippen LogP contribution < -0.4 is 16.0 Å². The Morgan fingerprint density at radius 1 is 1.19 bits per heavy atom. The highest BCUT2D eigenvalue weighted by Crippen LogP contribution is 2.30. The zero-order valence-electron chi connectivity index (χ0n) is 16.8. The molecule has 1 aromatic carbocycles. The molecule has 2 heterocycles. The van der Waals surface area contributed by atoms with Crippen LogP contribution in [0.2, 0.25) is 0 Å². The van der Waals surface area contributed by atoms with Crippen molar-refractivity contribution in [3.63, 3.8) is 0 Å². The lowest BCUT2D eigenvalue weighted by Crippen LogP contribution is -2.42. The van der Waals surface area contributed by atoms with Crippen molar-refractivity contribution >= 4 is 23.0 Å². The van der Waals surface area contributed by atoms with Gasteiger partial charge < -0.3 is 20.9 Å². The molecule has 6 nitrogen and oxygen atoms in total. The number of aromatic nitrogens is 2. The first-order chi connectivity index (χ1) is 13.1. The van der Waals surface area contributed by atoms with E-state index in [4.69, 9.17) is 5.73 Å². The summed E-state index contributed by atoms with van der Waals surface area (Å²) in [4.78, 5) is 13.4. The van der Waals surface area contributed by atoms with Crippen LogP contribution in [0.15, 0.2) is 30.6 Å². The Morgan fingerprint density at radius 2 is 1.89 bits per heavy atom. The average molecular weight is 369 g/mol. The molecule has 146 valence electrons. The summed E-state index contributed by atoms with van der Waals surface area (Å²) in [6.07, 6.45) is 7.40. The summed E-state index contributed by atoms with van der Waals surface area (Å²) >= 11 is 0. The van der Waals surface area contributed by atoms with Gasteiger partial charge in [-0.25, -0.2) is 9.97 Å². The molecule has 2 aromatic rings. The number of unbranched alkanes of at least 4 members (excludes halogenated alkanes) is 1. The third-order valence-corrected chi connectivity index (χ3v) is 5.47. The summed E-state index contributed by atoms with van der Waals surface area (Å²) in [6.45, 7) is 4.43. The summed E-state index contributed by atoms with van der Waals surface area (Å²) in [5, 5.41) is 3.35. The Labute approximate surface area is 162 Å². The molecular weight excluding hydrogens is 336 g/mol. The van der Waals surface area contributed by atoms with Crippen molar-refractivity contribution in [2.75, 3.05) is 43.1 Å². The average Bonchev–Trinajstić information content (AvgIpc) is 2.69. The lowest BCUT2D eigenvalue weighted by atomic mass is 10.0. The second kappa shape index (κ2) is 9.04. The number of hydrogen-bond acceptors (Lipinski definition) is 6. The number of anilines is 4. The maximum Gasteiger partial charge on any atom is 0.159 e. The number of aryl methyl sites for hydroxylation is 1. The van der Waals surface area contributed by atoms with E-state index in [1.165, 1.54) is 18.4 Å². The van der Waals surface area contributed by atoms with Crippen LogP contribution in [0, 0.1) is 0 Å². The summed E-state index contributed by atoms with van der Waals surface area (Å²) in [5.41, 5.74) is 9.38. The first kappa shape index (κ1) is 19.4. The van der Waals surface area contributed by atoms with Gasteiger partial charge in [0.25, 0.3) is 0 Å². The van der Waals surface area contributed by atoms with Crippen molar-refractivity contribution in [3.05, 3.63) is 36.2 Å². The second-order valence-corrected chi connectivity index (χ2v) is 7.53. The van der Waals surface area contributed by atoms with Crippen molar-refractivity contribution in [3.8, 4) is 0 Å². The highest BCUT2D eigenvalue weighted by molar-refractivity contribution is 5.78. The molecule has 3 N–H and O–H groups in total. The number of likely N-dealkylation sites (tertiary alicyclic amines) is 1. The van der Waals surface area contributed by atoms with Gasteiger partial charge in [-0.15, -0.1) is 0 Å². The number of rotatable bonds is 7. The van der Waals surface area contributed by atoms with Crippen LogP contribution in [0.1, 0.15) is 38.2 Å². The third-order valence-electron chi connectivity index (χ3n) is 5.47. The zero-order chi connectivity index (χ0) is 19.2. The van der Waals surface area contributed by atoms with Crippen LogP contribution in [0.3, 0.4) is 0 Å². The van der Waals surface area contributed by atoms with Crippen LogP contribution in [0.25, 0.3) is 0 Å². The predicted molar refractivity (Wildman–Crippen MR) is 114 cm³/mol. The third kappa shape index (κ3) is 4.89. The van der Waals surface area contributed by atoms with Gasteiger partial charge in [0.15, 0.2) is 11.6 Å². The summed E-state index contributed by atoms with van der Waals surface area (Å²) < 4.78 is 0. The van der Waals surface area contributed by atoms with Gasteiger partial charge in [-0.05, 0) is 63.5 Å². The number of benzene rings is 1. The number of nitrogens with two attached hydrogens (primary N) is 1. The van der Waals surface area contributed by atoms with Gasteiger partial charge in [-0.2, -0.15) is 0 Å². The van der Waals surface area contributed by atoms with Crippen molar-refractivity contribution < 1.29 is 0 Å². The Hall–Kier alpha value is -2.34. The van der Waals surface area contributed by atoms with E-state index in [9.17, 15) is 0 Å². The van der Waals surface area contributed by atoms with Crippen LogP contribution in [-0.4, -0.2) is 48.1 Å². The van der Waals surface area contributed by atoms with E-state index in [0.29, 0.717) is 17.5 Å². The number of nitrogens with one attached hydrogen (secondary N) is 1. The molecule has 3 rings (SSSR count). The van der Waals surface area contributed by atoms with Gasteiger partial charge in [0, 0.05) is 18.8 Å². The molecule has 1 saturated heterocycles. The fourth-order valence-electron chi connectivity index (χ4n) is 3.59. The molecule has 27 heavy (non-hydrogen) atoms. The molecule has 1 aliphatic heterocycles. The molecule has 1 aliphatic rings. The molecule has 1 aromatic heterocycles. The fraction of sp³-hybridized carbons (Fsp3) is 0.524.